The minimum absolute atomic E-state index is 0.278. The third kappa shape index (κ3) is 16.7. The molecule has 2 atom stereocenters. The van der Waals surface area contributed by atoms with Crippen molar-refractivity contribution in [2.75, 3.05) is 18.6 Å². The first kappa shape index (κ1) is 26.1. The molecule has 0 spiro atoms. The quantitative estimate of drug-likeness (QED) is 0.331. The monoisotopic (exact) mass is 388 g/mol. The highest BCUT2D eigenvalue weighted by Crippen LogP contribution is 2.01. The maximum Gasteiger partial charge on any atom is 0.320 e. The van der Waals surface area contributed by atoms with Crippen molar-refractivity contribution in [2.45, 2.75) is 24.9 Å². The van der Waals surface area contributed by atoms with E-state index < -0.39 is 29.9 Å². The molecular weight excluding hydrogens is 360 g/mol. The fourth-order valence-corrected chi connectivity index (χ4v) is 1.83. The first-order valence-corrected chi connectivity index (χ1v) is 9.03. The third-order valence-electron chi connectivity index (χ3n) is 2.79. The van der Waals surface area contributed by atoms with E-state index in [0.717, 1.165) is 11.3 Å². The van der Waals surface area contributed by atoms with Gasteiger partial charge < -0.3 is 33.1 Å². The van der Waals surface area contributed by atoms with Crippen LogP contribution in [0, 0.1) is 0 Å². The highest BCUT2D eigenvalue weighted by molar-refractivity contribution is 7.98. The number of carbonyl (C=O) groups excluding carboxylic acids is 1. The molecule has 0 aliphatic rings. The molecule has 0 aliphatic carbocycles. The van der Waals surface area contributed by atoms with Gasteiger partial charge in [-0.05, 0) is 30.4 Å². The van der Waals surface area contributed by atoms with E-state index in [1.54, 1.807) is 11.8 Å². The van der Waals surface area contributed by atoms with Crippen LogP contribution in [-0.4, -0.2) is 58.7 Å². The van der Waals surface area contributed by atoms with Gasteiger partial charge in [-0.1, -0.05) is 30.3 Å². The SMILES string of the molecule is CSCC[C@H](N)C(N)=O.NCC(=O)O.N[C@@H](Cc1ccccc1)C(=O)O. The number of benzene rings is 1. The summed E-state index contributed by atoms with van der Waals surface area (Å²) in [6, 6.07) is 8.08. The van der Waals surface area contributed by atoms with Crippen molar-refractivity contribution in [3.05, 3.63) is 35.9 Å². The molecule has 0 bridgehead atoms. The smallest absolute Gasteiger partial charge is 0.320 e. The molecule has 1 rings (SSSR count). The summed E-state index contributed by atoms with van der Waals surface area (Å²) in [6.45, 7) is -0.278. The molecule has 10 heteroatoms. The van der Waals surface area contributed by atoms with E-state index in [2.05, 4.69) is 5.73 Å². The van der Waals surface area contributed by atoms with Gasteiger partial charge in [0.1, 0.15) is 6.04 Å². The molecule has 0 unspecified atom stereocenters. The Kier molecular flexibility index (Phi) is 16.4. The topological polar surface area (TPSA) is 196 Å². The summed E-state index contributed by atoms with van der Waals surface area (Å²) in [7, 11) is 0. The average Bonchev–Trinajstić information content (AvgIpc) is 2.61. The summed E-state index contributed by atoms with van der Waals surface area (Å²) in [4.78, 5) is 29.9. The highest BCUT2D eigenvalue weighted by atomic mass is 32.2. The van der Waals surface area contributed by atoms with Gasteiger partial charge in [-0.2, -0.15) is 11.8 Å². The second kappa shape index (κ2) is 16.3. The van der Waals surface area contributed by atoms with E-state index in [9.17, 15) is 14.4 Å². The Bertz CT molecular complexity index is 531. The number of rotatable bonds is 8. The molecule has 148 valence electrons. The molecule has 0 aliphatic heterocycles. The van der Waals surface area contributed by atoms with E-state index in [-0.39, 0.29) is 6.54 Å². The van der Waals surface area contributed by atoms with Crippen LogP contribution < -0.4 is 22.9 Å². The van der Waals surface area contributed by atoms with Crippen molar-refractivity contribution in [3.8, 4) is 0 Å². The second-order valence-corrected chi connectivity index (χ2v) is 6.01. The van der Waals surface area contributed by atoms with Crippen molar-refractivity contribution < 1.29 is 24.6 Å². The summed E-state index contributed by atoms with van der Waals surface area (Å²) in [5.74, 6) is -1.45. The van der Waals surface area contributed by atoms with Crippen LogP contribution in [0.2, 0.25) is 0 Å². The van der Waals surface area contributed by atoms with Crippen molar-refractivity contribution >= 4 is 29.6 Å². The zero-order valence-electron chi connectivity index (χ0n) is 14.7. The lowest BCUT2D eigenvalue weighted by atomic mass is 10.1. The lowest BCUT2D eigenvalue weighted by Crippen LogP contribution is -2.36. The number of carboxylic acid groups (broad SMARTS) is 2. The minimum atomic E-state index is -0.968. The van der Waals surface area contributed by atoms with Gasteiger partial charge in [0.05, 0.1) is 12.6 Å². The molecular formula is C16H28N4O5S. The zero-order chi connectivity index (χ0) is 20.5. The number of aliphatic carboxylic acids is 2. The fraction of sp³-hybridized carbons (Fsp3) is 0.438. The van der Waals surface area contributed by atoms with Gasteiger partial charge in [-0.3, -0.25) is 14.4 Å². The summed E-state index contributed by atoms with van der Waals surface area (Å²) in [5, 5.41) is 16.1. The molecule has 0 radical (unpaired) electrons. The number of primary amides is 1. The number of amides is 1. The lowest BCUT2D eigenvalue weighted by Gasteiger charge is -2.04. The molecule has 9 nitrogen and oxygen atoms in total. The Morgan fingerprint density at radius 3 is 1.92 bits per heavy atom. The summed E-state index contributed by atoms with van der Waals surface area (Å²) >= 11 is 1.66. The van der Waals surface area contributed by atoms with Crippen LogP contribution in [-0.2, 0) is 20.8 Å². The maximum atomic E-state index is 10.4. The first-order valence-electron chi connectivity index (χ1n) is 7.63. The van der Waals surface area contributed by atoms with Crippen molar-refractivity contribution in [1.82, 2.24) is 0 Å². The number of thioether (sulfide) groups is 1. The predicted octanol–water partition coefficient (Wildman–Crippen LogP) is -0.777. The summed E-state index contributed by atoms with van der Waals surface area (Å²) in [6.07, 6.45) is 3.03. The van der Waals surface area contributed by atoms with Gasteiger partial charge in [0, 0.05) is 0 Å². The number of carbonyl (C=O) groups is 3. The number of hydrogen-bond acceptors (Lipinski definition) is 7. The summed E-state index contributed by atoms with van der Waals surface area (Å²) in [5.41, 5.74) is 21.1. The van der Waals surface area contributed by atoms with Gasteiger partial charge in [0.25, 0.3) is 0 Å². The van der Waals surface area contributed by atoms with Crippen LogP contribution in [0.3, 0.4) is 0 Å². The van der Waals surface area contributed by atoms with Crippen molar-refractivity contribution in [1.29, 1.82) is 0 Å². The van der Waals surface area contributed by atoms with Crippen molar-refractivity contribution in [3.63, 3.8) is 0 Å². The molecule has 0 aromatic heterocycles. The molecule has 10 N–H and O–H groups in total. The molecule has 1 aromatic carbocycles. The fourth-order valence-electron chi connectivity index (χ4n) is 1.34. The van der Waals surface area contributed by atoms with Gasteiger partial charge in [0.15, 0.2) is 0 Å². The Morgan fingerprint density at radius 1 is 1.08 bits per heavy atom. The van der Waals surface area contributed by atoms with Crippen LogP contribution in [0.4, 0.5) is 0 Å². The second-order valence-electron chi connectivity index (χ2n) is 5.02. The first-order chi connectivity index (χ1) is 12.1. The normalized spacial score (nSPS) is 11.7. The van der Waals surface area contributed by atoms with Crippen molar-refractivity contribution in [2.24, 2.45) is 22.9 Å². The van der Waals surface area contributed by atoms with Gasteiger partial charge >= 0.3 is 11.9 Å². The third-order valence-corrected chi connectivity index (χ3v) is 3.43. The molecule has 0 fully saturated rings. The highest BCUT2D eigenvalue weighted by Gasteiger charge is 2.11. The molecule has 0 heterocycles. The van der Waals surface area contributed by atoms with E-state index in [0.29, 0.717) is 12.8 Å². The summed E-state index contributed by atoms with van der Waals surface area (Å²) < 4.78 is 0. The average molecular weight is 388 g/mol. The van der Waals surface area contributed by atoms with Crippen LogP contribution in [0.5, 0.6) is 0 Å². The van der Waals surface area contributed by atoms with E-state index >= 15 is 0 Å². The van der Waals surface area contributed by atoms with E-state index in [1.807, 2.05) is 36.6 Å². The number of nitrogens with two attached hydrogens (primary N) is 4. The van der Waals surface area contributed by atoms with Crippen LogP contribution >= 0.6 is 11.8 Å². The zero-order valence-corrected chi connectivity index (χ0v) is 15.5. The van der Waals surface area contributed by atoms with Gasteiger partial charge in [-0.15, -0.1) is 0 Å². The molecule has 1 amide bonds. The molecule has 26 heavy (non-hydrogen) atoms. The molecule has 1 aromatic rings. The Hall–Kier alpha value is -2.14. The lowest BCUT2D eigenvalue weighted by molar-refractivity contribution is -0.138. The molecule has 0 saturated heterocycles. The Morgan fingerprint density at radius 2 is 1.58 bits per heavy atom. The van der Waals surface area contributed by atoms with Crippen LogP contribution in [0.1, 0.15) is 12.0 Å². The van der Waals surface area contributed by atoms with E-state index in [1.165, 1.54) is 0 Å². The Labute approximate surface area is 157 Å². The predicted molar refractivity (Wildman–Crippen MR) is 103 cm³/mol. The van der Waals surface area contributed by atoms with Gasteiger partial charge in [-0.25, -0.2) is 0 Å². The minimum Gasteiger partial charge on any atom is -0.480 e. The Balaban J connectivity index is 0. The van der Waals surface area contributed by atoms with Crippen LogP contribution in [0.25, 0.3) is 0 Å². The number of hydrogen-bond donors (Lipinski definition) is 6. The van der Waals surface area contributed by atoms with Crippen LogP contribution in [0.15, 0.2) is 30.3 Å². The molecule has 0 saturated carbocycles. The largest absolute Gasteiger partial charge is 0.480 e. The van der Waals surface area contributed by atoms with Gasteiger partial charge in [0.2, 0.25) is 5.91 Å². The maximum absolute atomic E-state index is 10.4. The number of carboxylic acids is 2. The van der Waals surface area contributed by atoms with E-state index in [4.69, 9.17) is 27.4 Å². The standard InChI is InChI=1S/C9H11NO2.C5H12N2OS.C2H5NO2/c10-8(9(11)12)6-7-4-2-1-3-5-7;1-9-3-2-4(6)5(7)8;3-1-2(4)5/h1-5,8H,6,10H2,(H,11,12);4H,2-3,6H2,1H3,(H2,7,8);1,3H2,(H,4,5)/t8-;4-;/m00./s1.